The van der Waals surface area contributed by atoms with Crippen LogP contribution in [0, 0.1) is 0 Å². The summed E-state index contributed by atoms with van der Waals surface area (Å²) in [6.45, 7) is 0.236. The van der Waals surface area contributed by atoms with Gasteiger partial charge in [0.2, 0.25) is 0 Å². The molecule has 0 spiro atoms. The van der Waals surface area contributed by atoms with E-state index in [4.69, 9.17) is 9.47 Å². The fourth-order valence-corrected chi connectivity index (χ4v) is 4.54. The zero-order valence-electron chi connectivity index (χ0n) is 13.8. The van der Waals surface area contributed by atoms with Gasteiger partial charge in [0.05, 0.1) is 34.1 Å². The molecule has 0 bridgehead atoms. The molecule has 0 aliphatic carbocycles. The van der Waals surface area contributed by atoms with E-state index >= 15 is 0 Å². The number of nitrogens with zero attached hydrogens (tertiary/aromatic N) is 1. The highest BCUT2D eigenvalue weighted by atomic mass is 32.1. The monoisotopic (exact) mass is 366 g/mol. The van der Waals surface area contributed by atoms with Gasteiger partial charge >= 0.3 is 5.97 Å². The number of aromatic hydroxyl groups is 1. The number of carbonyl (C=O) groups excluding carboxylic acids is 1. The molecule has 7 heteroatoms. The van der Waals surface area contributed by atoms with Gasteiger partial charge in [-0.25, -0.2) is 9.78 Å². The third-order valence-corrected chi connectivity index (χ3v) is 5.71. The van der Waals surface area contributed by atoms with Gasteiger partial charge in [-0.3, -0.25) is 0 Å². The number of nitrogens with one attached hydrogen (secondary N) is 1. The van der Waals surface area contributed by atoms with Crippen LogP contribution in [0.2, 0.25) is 0 Å². The molecule has 0 saturated heterocycles. The normalized spacial score (nSPS) is 18.3. The summed E-state index contributed by atoms with van der Waals surface area (Å²) >= 11 is 1.54. The lowest BCUT2D eigenvalue weighted by atomic mass is 9.81. The molecule has 3 heterocycles. The number of fused-ring (bicyclic) bond motifs is 3. The second-order valence-corrected chi connectivity index (χ2v) is 7.04. The second kappa shape index (κ2) is 5.47. The number of phenolic OH excluding ortho intramolecular Hbond substituents is 1. The molecule has 1 atom stereocenters. The fraction of sp³-hybridized carbons (Fsp3) is 0.158. The van der Waals surface area contributed by atoms with Crippen LogP contribution in [0.25, 0.3) is 10.2 Å². The Morgan fingerprint density at radius 1 is 1.35 bits per heavy atom. The lowest BCUT2D eigenvalue weighted by molar-refractivity contribution is -0.136. The third-order valence-electron chi connectivity index (χ3n) is 4.83. The molecule has 0 amide bonds. The zero-order chi connectivity index (χ0) is 17.8. The fourth-order valence-electron chi connectivity index (χ4n) is 3.67. The third kappa shape index (κ3) is 2.04. The Bertz CT molecular complexity index is 1100. The Hall–Kier alpha value is -3.06. The molecule has 1 aromatic heterocycles. The minimum atomic E-state index is -0.322. The number of methoxy groups -OCH3 is 1. The van der Waals surface area contributed by atoms with Crippen molar-refractivity contribution in [3.63, 3.8) is 0 Å². The van der Waals surface area contributed by atoms with Gasteiger partial charge in [0.1, 0.15) is 6.61 Å². The molecule has 130 valence electrons. The second-order valence-electron chi connectivity index (χ2n) is 6.19. The van der Waals surface area contributed by atoms with Gasteiger partial charge in [-0.2, -0.15) is 0 Å². The van der Waals surface area contributed by atoms with Crippen LogP contribution in [0.1, 0.15) is 17.0 Å². The smallest absolute Gasteiger partial charge is 0.337 e. The van der Waals surface area contributed by atoms with Crippen LogP contribution in [0.3, 0.4) is 0 Å². The number of rotatable bonds is 2. The molecule has 2 aliphatic heterocycles. The highest BCUT2D eigenvalue weighted by Crippen LogP contribution is 2.48. The number of anilines is 1. The number of hydrogen-bond donors (Lipinski definition) is 2. The van der Waals surface area contributed by atoms with E-state index < -0.39 is 0 Å². The van der Waals surface area contributed by atoms with Crippen LogP contribution in [-0.4, -0.2) is 29.8 Å². The maximum Gasteiger partial charge on any atom is 0.337 e. The SMILES string of the molecule is COc1cc(C2C3=C(COC3=O)Nc3ccc4ncsc4c32)ccc1O. The van der Waals surface area contributed by atoms with Crippen LogP contribution in [0.15, 0.2) is 47.1 Å². The average molecular weight is 366 g/mol. The van der Waals surface area contributed by atoms with Crippen LogP contribution in [0.4, 0.5) is 5.69 Å². The molecule has 2 aliphatic rings. The number of carbonyl (C=O) groups is 1. The Morgan fingerprint density at radius 2 is 2.23 bits per heavy atom. The molecule has 2 aromatic carbocycles. The van der Waals surface area contributed by atoms with Crippen molar-refractivity contribution in [3.8, 4) is 11.5 Å². The largest absolute Gasteiger partial charge is 0.504 e. The minimum absolute atomic E-state index is 0.0598. The van der Waals surface area contributed by atoms with Gasteiger partial charge in [-0.15, -0.1) is 11.3 Å². The summed E-state index contributed by atoms with van der Waals surface area (Å²) in [5.41, 5.74) is 6.87. The van der Waals surface area contributed by atoms with Crippen molar-refractivity contribution in [1.29, 1.82) is 0 Å². The van der Waals surface area contributed by atoms with Crippen LogP contribution in [-0.2, 0) is 9.53 Å². The summed E-state index contributed by atoms with van der Waals surface area (Å²) in [5.74, 6) is -0.205. The van der Waals surface area contributed by atoms with Crippen molar-refractivity contribution >= 4 is 33.2 Å². The molecular formula is C19H14N2O4S. The Labute approximate surface area is 152 Å². The Morgan fingerprint density at radius 3 is 3.08 bits per heavy atom. The number of phenols is 1. The zero-order valence-corrected chi connectivity index (χ0v) is 14.6. The van der Waals surface area contributed by atoms with Gasteiger partial charge < -0.3 is 19.9 Å². The lowest BCUT2D eigenvalue weighted by Crippen LogP contribution is -2.20. The molecule has 0 saturated carbocycles. The summed E-state index contributed by atoms with van der Waals surface area (Å²) < 4.78 is 11.6. The summed E-state index contributed by atoms with van der Waals surface area (Å²) in [6, 6.07) is 9.12. The molecule has 0 fully saturated rings. The van der Waals surface area contributed by atoms with Crippen LogP contribution < -0.4 is 10.1 Å². The number of benzene rings is 2. The first-order chi connectivity index (χ1) is 12.7. The van der Waals surface area contributed by atoms with E-state index in [2.05, 4.69) is 10.3 Å². The predicted octanol–water partition coefficient (Wildman–Crippen LogP) is 3.38. The number of ether oxygens (including phenoxy) is 2. The van der Waals surface area contributed by atoms with Crippen molar-refractivity contribution in [2.75, 3.05) is 19.0 Å². The summed E-state index contributed by atoms with van der Waals surface area (Å²) in [4.78, 5) is 16.9. The highest BCUT2D eigenvalue weighted by Gasteiger charge is 2.39. The number of esters is 1. The van der Waals surface area contributed by atoms with E-state index in [9.17, 15) is 9.90 Å². The maximum atomic E-state index is 12.5. The molecule has 3 aromatic rings. The lowest BCUT2D eigenvalue weighted by Gasteiger charge is -2.27. The molecule has 26 heavy (non-hydrogen) atoms. The maximum absolute atomic E-state index is 12.5. The summed E-state index contributed by atoms with van der Waals surface area (Å²) in [7, 11) is 1.51. The number of cyclic esters (lactones) is 1. The van der Waals surface area contributed by atoms with E-state index in [1.807, 2.05) is 18.2 Å². The molecule has 2 N–H and O–H groups in total. The first-order valence-corrected chi connectivity index (χ1v) is 8.95. The van der Waals surface area contributed by atoms with Gasteiger partial charge in [0, 0.05) is 17.2 Å². The Balaban J connectivity index is 1.81. The number of hydrogen-bond acceptors (Lipinski definition) is 7. The quantitative estimate of drug-likeness (QED) is 0.677. The van der Waals surface area contributed by atoms with E-state index in [-0.39, 0.29) is 24.2 Å². The van der Waals surface area contributed by atoms with E-state index in [0.29, 0.717) is 11.3 Å². The van der Waals surface area contributed by atoms with Crippen molar-refractivity contribution in [2.24, 2.45) is 0 Å². The first kappa shape index (κ1) is 15.2. The summed E-state index contributed by atoms with van der Waals surface area (Å²) in [6.07, 6.45) is 0. The van der Waals surface area contributed by atoms with Crippen LogP contribution in [0.5, 0.6) is 11.5 Å². The predicted molar refractivity (Wildman–Crippen MR) is 97.7 cm³/mol. The van der Waals surface area contributed by atoms with Gasteiger partial charge in [-0.05, 0) is 29.8 Å². The molecule has 6 nitrogen and oxygen atoms in total. The van der Waals surface area contributed by atoms with E-state index in [1.54, 1.807) is 29.0 Å². The van der Waals surface area contributed by atoms with Crippen molar-refractivity contribution < 1.29 is 19.4 Å². The van der Waals surface area contributed by atoms with Crippen LogP contribution >= 0.6 is 11.3 Å². The average Bonchev–Trinajstić information content (AvgIpc) is 3.27. The molecule has 5 rings (SSSR count). The molecule has 1 unspecified atom stereocenters. The number of thiazole rings is 1. The molecular weight excluding hydrogens is 352 g/mol. The highest BCUT2D eigenvalue weighted by molar-refractivity contribution is 7.17. The standard InChI is InChI=1S/C19H14N2O4S/c1-24-14-6-9(2-5-13(14)22)15-16-10(3-4-11-18(16)26-8-20-11)21-12-7-25-19(23)17(12)15/h2-6,8,15,21-22H,7H2,1H3. The van der Waals surface area contributed by atoms with E-state index in [0.717, 1.165) is 32.7 Å². The van der Waals surface area contributed by atoms with Gasteiger partial charge in [0.15, 0.2) is 11.5 Å². The van der Waals surface area contributed by atoms with Gasteiger partial charge in [0.25, 0.3) is 0 Å². The molecule has 0 radical (unpaired) electrons. The van der Waals surface area contributed by atoms with Gasteiger partial charge in [-0.1, -0.05) is 6.07 Å². The topological polar surface area (TPSA) is 80.7 Å². The minimum Gasteiger partial charge on any atom is -0.504 e. The van der Waals surface area contributed by atoms with E-state index in [1.165, 1.54) is 7.11 Å². The van der Waals surface area contributed by atoms with Crippen molar-refractivity contribution in [1.82, 2.24) is 4.98 Å². The Kier molecular flexibility index (Phi) is 3.20. The first-order valence-electron chi connectivity index (χ1n) is 8.07. The van der Waals surface area contributed by atoms with Crippen molar-refractivity contribution in [3.05, 3.63) is 58.2 Å². The number of aromatic nitrogens is 1. The summed E-state index contributed by atoms with van der Waals surface area (Å²) in [5, 5.41) is 13.3. The van der Waals surface area contributed by atoms with Crippen molar-refractivity contribution in [2.45, 2.75) is 5.92 Å².